The Morgan fingerprint density at radius 1 is 1.32 bits per heavy atom. The largest absolute Gasteiger partial charge is 0.399 e. The molecule has 3 N–H and O–H groups in total. The van der Waals surface area contributed by atoms with Crippen LogP contribution in [0, 0.1) is 6.92 Å². The van der Waals surface area contributed by atoms with E-state index in [0.29, 0.717) is 0 Å². The molecule has 0 saturated carbocycles. The van der Waals surface area contributed by atoms with Crippen LogP contribution in [0.25, 0.3) is 0 Å². The highest BCUT2D eigenvalue weighted by Gasteiger charge is 2.18. The van der Waals surface area contributed by atoms with Crippen molar-refractivity contribution >= 4 is 28.6 Å². The zero-order valence-corrected chi connectivity index (χ0v) is 11.6. The summed E-state index contributed by atoms with van der Waals surface area (Å²) in [5, 5.41) is 2.93. The maximum Gasteiger partial charge on any atom is 0.265 e. The van der Waals surface area contributed by atoms with Crippen LogP contribution in [0.15, 0.2) is 24.3 Å². The summed E-state index contributed by atoms with van der Waals surface area (Å²) >= 11 is 1.62. The van der Waals surface area contributed by atoms with E-state index in [1.54, 1.807) is 11.3 Å². The van der Waals surface area contributed by atoms with Gasteiger partial charge in [-0.2, -0.15) is 0 Å². The Morgan fingerprint density at radius 2 is 2.16 bits per heavy atom. The van der Waals surface area contributed by atoms with Crippen LogP contribution in [0.2, 0.25) is 0 Å². The number of nitrogen functional groups attached to an aromatic ring is 1. The molecule has 0 fully saturated rings. The first-order chi connectivity index (χ1) is 9.13. The first-order valence-corrected chi connectivity index (χ1v) is 7.24. The summed E-state index contributed by atoms with van der Waals surface area (Å²) in [5.74, 6) is -0.0245. The van der Waals surface area contributed by atoms with Crippen molar-refractivity contribution in [3.63, 3.8) is 0 Å². The maximum absolute atomic E-state index is 12.2. The molecule has 0 saturated heterocycles. The van der Waals surface area contributed by atoms with Gasteiger partial charge in [-0.3, -0.25) is 4.79 Å². The third-order valence-corrected chi connectivity index (χ3v) is 4.73. The van der Waals surface area contributed by atoms with E-state index in [9.17, 15) is 4.79 Å². The van der Waals surface area contributed by atoms with Gasteiger partial charge in [0.05, 0.1) is 4.88 Å². The van der Waals surface area contributed by atoms with Crippen LogP contribution in [0.3, 0.4) is 0 Å². The molecule has 1 aromatic heterocycles. The van der Waals surface area contributed by atoms with Crippen molar-refractivity contribution in [2.45, 2.75) is 26.2 Å². The first kappa shape index (κ1) is 12.2. The average molecular weight is 272 g/mol. The molecule has 1 heterocycles. The molecule has 0 aliphatic heterocycles. The number of aryl methyl sites for hydroxylation is 3. The zero-order chi connectivity index (χ0) is 13.4. The number of fused-ring (bicyclic) bond motifs is 1. The Balaban J connectivity index is 1.78. The van der Waals surface area contributed by atoms with Gasteiger partial charge in [0.2, 0.25) is 0 Å². The Morgan fingerprint density at radius 3 is 2.89 bits per heavy atom. The van der Waals surface area contributed by atoms with Gasteiger partial charge in [-0.25, -0.2) is 0 Å². The van der Waals surface area contributed by atoms with Crippen LogP contribution in [0.1, 0.15) is 32.1 Å². The summed E-state index contributed by atoms with van der Waals surface area (Å²) < 4.78 is 0. The van der Waals surface area contributed by atoms with Crippen molar-refractivity contribution in [2.24, 2.45) is 0 Å². The number of nitrogens with one attached hydrogen (secondary N) is 1. The van der Waals surface area contributed by atoms with E-state index in [4.69, 9.17) is 5.73 Å². The van der Waals surface area contributed by atoms with Crippen LogP contribution < -0.4 is 11.1 Å². The second-order valence-corrected chi connectivity index (χ2v) is 6.07. The van der Waals surface area contributed by atoms with Gasteiger partial charge in [-0.1, -0.05) is 0 Å². The topological polar surface area (TPSA) is 55.1 Å². The Kier molecular flexibility index (Phi) is 3.03. The van der Waals surface area contributed by atoms with Gasteiger partial charge < -0.3 is 11.1 Å². The van der Waals surface area contributed by atoms with E-state index in [2.05, 4.69) is 5.32 Å². The number of hydrogen-bond acceptors (Lipinski definition) is 3. The number of nitrogens with two attached hydrogens (primary N) is 1. The summed E-state index contributed by atoms with van der Waals surface area (Å²) in [6, 6.07) is 7.59. The van der Waals surface area contributed by atoms with Gasteiger partial charge in [0.15, 0.2) is 0 Å². The lowest BCUT2D eigenvalue weighted by molar-refractivity contribution is 0.103. The molecule has 3 nitrogen and oxygen atoms in total. The Labute approximate surface area is 116 Å². The third kappa shape index (κ3) is 2.36. The van der Waals surface area contributed by atoms with Gasteiger partial charge in [-0.15, -0.1) is 11.3 Å². The van der Waals surface area contributed by atoms with Gasteiger partial charge in [0, 0.05) is 16.3 Å². The van der Waals surface area contributed by atoms with E-state index < -0.39 is 0 Å². The number of carbonyl (C=O) groups is 1. The highest BCUT2D eigenvalue weighted by molar-refractivity contribution is 7.14. The molecule has 0 spiro atoms. The smallest absolute Gasteiger partial charge is 0.265 e. The minimum absolute atomic E-state index is 0.0245. The zero-order valence-electron chi connectivity index (χ0n) is 10.8. The van der Waals surface area contributed by atoms with E-state index in [-0.39, 0.29) is 5.91 Å². The number of thiophene rings is 1. The quantitative estimate of drug-likeness (QED) is 0.823. The molecule has 1 aliphatic carbocycles. The van der Waals surface area contributed by atoms with Crippen LogP contribution in [0.5, 0.6) is 0 Å². The van der Waals surface area contributed by atoms with Crippen molar-refractivity contribution in [2.75, 3.05) is 11.1 Å². The molecular weight excluding hydrogens is 256 g/mol. The normalized spacial score (nSPS) is 13.3. The summed E-state index contributed by atoms with van der Waals surface area (Å²) in [5.41, 5.74) is 9.64. The monoisotopic (exact) mass is 272 g/mol. The second-order valence-electron chi connectivity index (χ2n) is 4.94. The lowest BCUT2D eigenvalue weighted by Gasteiger charge is -2.06. The number of amides is 1. The van der Waals surface area contributed by atoms with E-state index in [0.717, 1.165) is 34.7 Å². The fraction of sp³-hybridized carbons (Fsp3) is 0.267. The summed E-state index contributed by atoms with van der Waals surface area (Å²) in [7, 11) is 0. The van der Waals surface area contributed by atoms with Crippen molar-refractivity contribution in [1.82, 2.24) is 0 Å². The minimum Gasteiger partial charge on any atom is -0.399 e. The molecule has 2 aromatic rings. The molecule has 0 bridgehead atoms. The van der Waals surface area contributed by atoms with Crippen LogP contribution in [-0.4, -0.2) is 5.91 Å². The van der Waals surface area contributed by atoms with Gasteiger partial charge in [0.1, 0.15) is 0 Å². The number of anilines is 2. The van der Waals surface area contributed by atoms with Crippen molar-refractivity contribution in [3.8, 4) is 0 Å². The Bertz CT molecular complexity index is 624. The van der Waals surface area contributed by atoms with E-state index in [1.165, 1.54) is 16.9 Å². The fourth-order valence-corrected chi connectivity index (χ4v) is 3.54. The molecule has 0 atom stereocenters. The predicted octanol–water partition coefficient (Wildman–Crippen LogP) is 3.38. The highest BCUT2D eigenvalue weighted by atomic mass is 32.1. The molecule has 98 valence electrons. The molecule has 1 aliphatic rings. The molecule has 19 heavy (non-hydrogen) atoms. The maximum atomic E-state index is 12.2. The first-order valence-electron chi connectivity index (χ1n) is 6.42. The average Bonchev–Trinajstić information content (AvgIpc) is 2.94. The van der Waals surface area contributed by atoms with Crippen LogP contribution in [0.4, 0.5) is 11.4 Å². The van der Waals surface area contributed by atoms with Crippen molar-refractivity contribution in [3.05, 3.63) is 45.1 Å². The molecule has 1 amide bonds. The van der Waals surface area contributed by atoms with Crippen LogP contribution >= 0.6 is 11.3 Å². The molecule has 1 aromatic carbocycles. The standard InChI is InChI=1S/C15H16N2OS/c1-9-7-11(5-6-12(9)16)17-15(18)14-8-10-3-2-4-13(10)19-14/h5-8H,2-4,16H2,1H3,(H,17,18). The summed E-state index contributed by atoms with van der Waals surface area (Å²) in [4.78, 5) is 14.4. The summed E-state index contributed by atoms with van der Waals surface area (Å²) in [6.07, 6.45) is 3.45. The Hall–Kier alpha value is -1.81. The molecule has 0 radical (unpaired) electrons. The highest BCUT2D eigenvalue weighted by Crippen LogP contribution is 2.31. The van der Waals surface area contributed by atoms with E-state index in [1.807, 2.05) is 31.2 Å². The molecular formula is C15H16N2OS. The number of rotatable bonds is 2. The predicted molar refractivity (Wildman–Crippen MR) is 79.9 cm³/mol. The lowest BCUT2D eigenvalue weighted by Crippen LogP contribution is -2.10. The van der Waals surface area contributed by atoms with Gasteiger partial charge in [0.25, 0.3) is 5.91 Å². The van der Waals surface area contributed by atoms with Crippen molar-refractivity contribution in [1.29, 1.82) is 0 Å². The lowest BCUT2D eigenvalue weighted by atomic mass is 10.2. The minimum atomic E-state index is -0.0245. The number of carbonyl (C=O) groups excluding carboxylic acids is 1. The second kappa shape index (κ2) is 4.70. The van der Waals surface area contributed by atoms with E-state index >= 15 is 0 Å². The number of benzene rings is 1. The molecule has 3 rings (SSSR count). The third-order valence-electron chi connectivity index (χ3n) is 3.50. The summed E-state index contributed by atoms with van der Waals surface area (Å²) in [6.45, 7) is 1.94. The van der Waals surface area contributed by atoms with Crippen molar-refractivity contribution < 1.29 is 4.79 Å². The number of hydrogen-bond donors (Lipinski definition) is 2. The fourth-order valence-electron chi connectivity index (χ4n) is 2.39. The van der Waals surface area contributed by atoms with Crippen LogP contribution in [-0.2, 0) is 12.8 Å². The van der Waals surface area contributed by atoms with Gasteiger partial charge >= 0.3 is 0 Å². The molecule has 0 unspecified atom stereocenters. The molecule has 4 heteroatoms. The SMILES string of the molecule is Cc1cc(NC(=O)c2cc3c(s2)CCC3)ccc1N. The van der Waals surface area contributed by atoms with Gasteiger partial charge in [-0.05, 0) is 61.6 Å².